The van der Waals surface area contributed by atoms with Crippen molar-refractivity contribution in [3.63, 3.8) is 0 Å². The maximum Gasteiger partial charge on any atom is 0.319 e. The minimum atomic E-state index is -0.213. The van der Waals surface area contributed by atoms with Crippen molar-refractivity contribution in [3.05, 3.63) is 54.2 Å². The van der Waals surface area contributed by atoms with Crippen molar-refractivity contribution in [2.75, 3.05) is 11.9 Å². The van der Waals surface area contributed by atoms with E-state index in [9.17, 15) is 4.79 Å². The molecule has 2 N–H and O–H groups in total. The van der Waals surface area contributed by atoms with Gasteiger partial charge in [0.2, 0.25) is 0 Å². The molecule has 2 aromatic heterocycles. The zero-order valence-corrected chi connectivity index (χ0v) is 14.4. The van der Waals surface area contributed by atoms with Gasteiger partial charge in [-0.3, -0.25) is 0 Å². The van der Waals surface area contributed by atoms with E-state index in [-0.39, 0.29) is 6.03 Å². The molecular weight excluding hydrogens is 322 g/mol. The maximum atomic E-state index is 12.0. The maximum absolute atomic E-state index is 12.0. The van der Waals surface area contributed by atoms with Gasteiger partial charge in [0.15, 0.2) is 0 Å². The van der Waals surface area contributed by atoms with Gasteiger partial charge in [-0.2, -0.15) is 0 Å². The lowest BCUT2D eigenvalue weighted by Gasteiger charge is -2.09. The molecule has 2 amide bonds. The van der Waals surface area contributed by atoms with Gasteiger partial charge >= 0.3 is 6.03 Å². The molecule has 0 spiro atoms. The number of benzene rings is 1. The summed E-state index contributed by atoms with van der Waals surface area (Å²) in [5, 5.41) is 5.69. The van der Waals surface area contributed by atoms with Crippen molar-refractivity contribution < 1.29 is 4.79 Å². The molecule has 6 nitrogen and oxygen atoms in total. The molecule has 0 radical (unpaired) electrons. The number of urea groups is 1. The molecule has 0 bridgehead atoms. The fraction of sp³-hybridized carbons (Fsp3) is 0.235. The number of hydrogen-bond donors (Lipinski definition) is 2. The van der Waals surface area contributed by atoms with Crippen LogP contribution in [0.15, 0.2) is 42.9 Å². The minimum absolute atomic E-state index is 0.213. The number of anilines is 1. The molecule has 0 unspecified atom stereocenters. The Hall–Kier alpha value is -2.67. The molecule has 0 atom stereocenters. The molecule has 0 fully saturated rings. The average Bonchev–Trinajstić information content (AvgIpc) is 3.21. The Labute approximate surface area is 144 Å². The van der Waals surface area contributed by atoms with Crippen LogP contribution in [0.3, 0.4) is 0 Å². The fourth-order valence-electron chi connectivity index (χ4n) is 2.32. The van der Waals surface area contributed by atoms with Crippen LogP contribution in [0.4, 0.5) is 10.5 Å². The van der Waals surface area contributed by atoms with Crippen LogP contribution < -0.4 is 10.6 Å². The van der Waals surface area contributed by atoms with Crippen molar-refractivity contribution >= 4 is 23.3 Å². The summed E-state index contributed by atoms with van der Waals surface area (Å²) in [6, 6.07) is 9.48. The van der Waals surface area contributed by atoms with Crippen LogP contribution in [0.2, 0.25) is 0 Å². The van der Waals surface area contributed by atoms with Crippen LogP contribution in [0, 0.1) is 13.8 Å². The normalized spacial score (nSPS) is 10.6. The zero-order chi connectivity index (χ0) is 16.9. The molecule has 0 saturated carbocycles. The number of imidazole rings is 1. The number of hydrogen-bond acceptors (Lipinski definition) is 4. The summed E-state index contributed by atoms with van der Waals surface area (Å²) in [6.07, 6.45) is 3.57. The number of aryl methyl sites for hydroxylation is 1. The van der Waals surface area contributed by atoms with E-state index in [1.54, 1.807) is 12.5 Å². The van der Waals surface area contributed by atoms with Crippen molar-refractivity contribution in [1.82, 2.24) is 19.2 Å². The summed E-state index contributed by atoms with van der Waals surface area (Å²) in [5.41, 5.74) is 3.99. The Bertz CT molecular complexity index is 808. The SMILES string of the molecule is Cc1ncn(CCNC(=O)Nc2ccc(-c3ccns3)cc2)c1C. The summed E-state index contributed by atoms with van der Waals surface area (Å²) < 4.78 is 6.12. The number of nitrogens with zero attached hydrogens (tertiary/aromatic N) is 3. The monoisotopic (exact) mass is 341 g/mol. The average molecular weight is 341 g/mol. The van der Waals surface area contributed by atoms with Crippen molar-refractivity contribution in [1.29, 1.82) is 0 Å². The predicted molar refractivity (Wildman–Crippen MR) is 96.3 cm³/mol. The lowest BCUT2D eigenvalue weighted by molar-refractivity contribution is 0.251. The van der Waals surface area contributed by atoms with E-state index in [2.05, 4.69) is 20.0 Å². The second-order valence-corrected chi connectivity index (χ2v) is 6.28. The Balaban J connectivity index is 1.49. The second kappa shape index (κ2) is 7.27. The minimum Gasteiger partial charge on any atom is -0.336 e. The Morgan fingerprint density at radius 2 is 2.00 bits per heavy atom. The van der Waals surface area contributed by atoms with Crippen molar-refractivity contribution in [2.45, 2.75) is 20.4 Å². The Morgan fingerprint density at radius 3 is 2.62 bits per heavy atom. The third-order valence-corrected chi connectivity index (χ3v) is 4.64. The topological polar surface area (TPSA) is 71.8 Å². The molecule has 3 rings (SSSR count). The molecular formula is C17H19N5OS. The van der Waals surface area contributed by atoms with E-state index < -0.39 is 0 Å². The van der Waals surface area contributed by atoms with Gasteiger partial charge < -0.3 is 15.2 Å². The van der Waals surface area contributed by atoms with E-state index in [1.165, 1.54) is 11.5 Å². The van der Waals surface area contributed by atoms with E-state index in [4.69, 9.17) is 0 Å². The number of carbonyl (C=O) groups excluding carboxylic acids is 1. The largest absolute Gasteiger partial charge is 0.336 e. The number of amides is 2. The molecule has 0 aliphatic heterocycles. The van der Waals surface area contributed by atoms with Crippen LogP contribution in [-0.4, -0.2) is 26.5 Å². The van der Waals surface area contributed by atoms with Crippen molar-refractivity contribution in [2.24, 2.45) is 0 Å². The number of aromatic nitrogens is 3. The van der Waals surface area contributed by atoms with Gasteiger partial charge in [0.05, 0.1) is 16.9 Å². The second-order valence-electron chi connectivity index (χ2n) is 5.44. The third kappa shape index (κ3) is 3.80. The van der Waals surface area contributed by atoms with Gasteiger partial charge in [0, 0.05) is 30.7 Å². The van der Waals surface area contributed by atoms with Gasteiger partial charge in [0.25, 0.3) is 0 Å². The first-order chi connectivity index (χ1) is 11.6. The number of carbonyl (C=O) groups is 1. The smallest absolute Gasteiger partial charge is 0.319 e. The first kappa shape index (κ1) is 16.2. The highest BCUT2D eigenvalue weighted by Gasteiger charge is 2.05. The van der Waals surface area contributed by atoms with Crippen LogP contribution in [0.1, 0.15) is 11.4 Å². The molecule has 24 heavy (non-hydrogen) atoms. The molecule has 1 aromatic carbocycles. The van der Waals surface area contributed by atoms with Crippen LogP contribution in [0.5, 0.6) is 0 Å². The molecule has 3 aromatic rings. The van der Waals surface area contributed by atoms with E-state index in [1.807, 2.05) is 48.7 Å². The fourth-order valence-corrected chi connectivity index (χ4v) is 2.92. The van der Waals surface area contributed by atoms with Crippen LogP contribution in [-0.2, 0) is 6.54 Å². The Morgan fingerprint density at radius 1 is 1.21 bits per heavy atom. The summed E-state index contributed by atoms with van der Waals surface area (Å²) >= 11 is 1.45. The van der Waals surface area contributed by atoms with Gasteiger partial charge in [-0.25, -0.2) is 14.2 Å². The van der Waals surface area contributed by atoms with Gasteiger partial charge in [-0.05, 0) is 49.1 Å². The third-order valence-electron chi connectivity index (χ3n) is 3.85. The van der Waals surface area contributed by atoms with E-state index in [0.717, 1.165) is 27.5 Å². The first-order valence-corrected chi connectivity index (χ1v) is 8.45. The summed E-state index contributed by atoms with van der Waals surface area (Å²) in [4.78, 5) is 17.3. The summed E-state index contributed by atoms with van der Waals surface area (Å²) in [7, 11) is 0. The molecule has 124 valence electrons. The lowest BCUT2D eigenvalue weighted by Crippen LogP contribution is -2.31. The van der Waals surface area contributed by atoms with Gasteiger partial charge in [-0.15, -0.1) is 0 Å². The number of nitrogens with one attached hydrogen (secondary N) is 2. The van der Waals surface area contributed by atoms with Crippen LogP contribution >= 0.6 is 11.5 Å². The summed E-state index contributed by atoms with van der Waals surface area (Å²) in [5.74, 6) is 0. The van der Waals surface area contributed by atoms with Gasteiger partial charge in [-0.1, -0.05) is 12.1 Å². The first-order valence-electron chi connectivity index (χ1n) is 7.68. The molecule has 7 heteroatoms. The molecule has 2 heterocycles. The zero-order valence-electron chi connectivity index (χ0n) is 13.6. The highest BCUT2D eigenvalue weighted by molar-refractivity contribution is 7.09. The quantitative estimate of drug-likeness (QED) is 0.747. The number of rotatable bonds is 5. The molecule has 0 saturated heterocycles. The highest BCUT2D eigenvalue weighted by atomic mass is 32.1. The lowest BCUT2D eigenvalue weighted by atomic mass is 10.2. The van der Waals surface area contributed by atoms with E-state index >= 15 is 0 Å². The highest BCUT2D eigenvalue weighted by Crippen LogP contribution is 2.24. The molecule has 0 aliphatic carbocycles. The van der Waals surface area contributed by atoms with Crippen LogP contribution in [0.25, 0.3) is 10.4 Å². The van der Waals surface area contributed by atoms with Gasteiger partial charge in [0.1, 0.15) is 0 Å². The standard InChI is InChI=1S/C17H19N5OS/c1-12-13(2)22(11-19-12)10-9-18-17(23)21-15-5-3-14(4-6-15)16-7-8-20-24-16/h3-8,11H,9-10H2,1-2H3,(H2,18,21,23). The summed E-state index contributed by atoms with van der Waals surface area (Å²) in [6.45, 7) is 5.24. The van der Waals surface area contributed by atoms with E-state index in [0.29, 0.717) is 13.1 Å². The molecule has 0 aliphatic rings. The van der Waals surface area contributed by atoms with Crippen molar-refractivity contribution in [3.8, 4) is 10.4 Å². The Kier molecular flexibility index (Phi) is 4.90. The predicted octanol–water partition coefficient (Wildman–Crippen LogP) is 3.45.